The van der Waals surface area contributed by atoms with Crippen molar-refractivity contribution in [1.82, 2.24) is 10.0 Å². The number of amides is 1. The Morgan fingerprint density at radius 1 is 0.833 bits per heavy atom. The molecule has 3 rings (SSSR count). The third kappa shape index (κ3) is 6.40. The van der Waals surface area contributed by atoms with E-state index in [1.807, 2.05) is 30.3 Å². The lowest BCUT2D eigenvalue weighted by molar-refractivity contribution is -0.123. The third-order valence-corrected chi connectivity index (χ3v) is 5.63. The molecule has 2 N–H and O–H groups in total. The van der Waals surface area contributed by atoms with Gasteiger partial charge in [-0.05, 0) is 47.5 Å². The van der Waals surface area contributed by atoms with Gasteiger partial charge in [0.15, 0.2) is 6.61 Å². The van der Waals surface area contributed by atoms with Crippen molar-refractivity contribution < 1.29 is 22.3 Å². The standard InChI is InChI=1S/C22H21FN2O4S/c23-19-8-6-18(7-9-19)14-24-22(26)16-29-20-10-12-21(13-11-20)30(27,28)25-15-17-4-2-1-3-5-17/h1-13,25H,14-16H2,(H,24,26). The third-order valence-electron chi connectivity index (χ3n) is 4.22. The predicted octanol–water partition coefficient (Wildman–Crippen LogP) is 3.00. The van der Waals surface area contributed by atoms with E-state index >= 15 is 0 Å². The van der Waals surface area contributed by atoms with Gasteiger partial charge in [-0.25, -0.2) is 17.5 Å². The molecule has 0 spiro atoms. The first-order valence-corrected chi connectivity index (χ1v) is 10.7. The van der Waals surface area contributed by atoms with Crippen molar-refractivity contribution in [3.05, 3.63) is 95.8 Å². The molecule has 0 aliphatic heterocycles. The minimum atomic E-state index is -3.66. The summed E-state index contributed by atoms with van der Waals surface area (Å²) in [7, 11) is -3.66. The van der Waals surface area contributed by atoms with Crippen molar-refractivity contribution in [3.8, 4) is 5.75 Å². The fourth-order valence-electron chi connectivity index (χ4n) is 2.58. The van der Waals surface area contributed by atoms with Gasteiger partial charge in [-0.15, -0.1) is 0 Å². The average Bonchev–Trinajstić information content (AvgIpc) is 2.77. The second kappa shape index (κ2) is 10.00. The summed E-state index contributed by atoms with van der Waals surface area (Å²) in [6.07, 6.45) is 0. The molecule has 1 amide bonds. The van der Waals surface area contributed by atoms with E-state index in [1.165, 1.54) is 36.4 Å². The van der Waals surface area contributed by atoms with Crippen LogP contribution in [0.5, 0.6) is 5.75 Å². The van der Waals surface area contributed by atoms with Crippen LogP contribution in [0.25, 0.3) is 0 Å². The molecular weight excluding hydrogens is 407 g/mol. The van der Waals surface area contributed by atoms with Crippen LogP contribution in [0.1, 0.15) is 11.1 Å². The molecule has 0 saturated carbocycles. The number of halogens is 1. The molecule has 0 unspecified atom stereocenters. The molecule has 0 radical (unpaired) electrons. The Balaban J connectivity index is 1.47. The van der Waals surface area contributed by atoms with Crippen LogP contribution in [0.4, 0.5) is 4.39 Å². The zero-order valence-corrected chi connectivity index (χ0v) is 16.9. The van der Waals surface area contributed by atoms with Crippen LogP contribution < -0.4 is 14.8 Å². The second-order valence-electron chi connectivity index (χ2n) is 6.47. The van der Waals surface area contributed by atoms with E-state index in [0.717, 1.165) is 11.1 Å². The lowest BCUT2D eigenvalue weighted by atomic mass is 10.2. The monoisotopic (exact) mass is 428 g/mol. The van der Waals surface area contributed by atoms with E-state index < -0.39 is 10.0 Å². The van der Waals surface area contributed by atoms with Gasteiger partial charge in [0.1, 0.15) is 11.6 Å². The van der Waals surface area contributed by atoms with Crippen LogP contribution >= 0.6 is 0 Å². The Bertz CT molecular complexity index is 1070. The normalized spacial score (nSPS) is 11.1. The summed E-state index contributed by atoms with van der Waals surface area (Å²) < 4.78 is 45.6. The molecule has 30 heavy (non-hydrogen) atoms. The highest BCUT2D eigenvalue weighted by molar-refractivity contribution is 7.89. The molecule has 0 aliphatic rings. The Hall–Kier alpha value is -3.23. The van der Waals surface area contributed by atoms with Crippen molar-refractivity contribution in [2.75, 3.05) is 6.61 Å². The van der Waals surface area contributed by atoms with E-state index in [1.54, 1.807) is 12.1 Å². The average molecular weight is 428 g/mol. The summed E-state index contributed by atoms with van der Waals surface area (Å²) >= 11 is 0. The minimum Gasteiger partial charge on any atom is -0.484 e. The molecule has 156 valence electrons. The second-order valence-corrected chi connectivity index (χ2v) is 8.24. The summed E-state index contributed by atoms with van der Waals surface area (Å²) in [5.74, 6) is -0.316. The van der Waals surface area contributed by atoms with Crippen LogP contribution in [0.15, 0.2) is 83.8 Å². The Kier molecular flexibility index (Phi) is 7.16. The number of nitrogens with one attached hydrogen (secondary N) is 2. The molecular formula is C22H21FN2O4S. The van der Waals surface area contributed by atoms with Gasteiger partial charge >= 0.3 is 0 Å². The summed E-state index contributed by atoms with van der Waals surface area (Å²) in [6, 6.07) is 20.8. The molecule has 0 bridgehead atoms. The van der Waals surface area contributed by atoms with Gasteiger partial charge in [0.25, 0.3) is 5.91 Å². The highest BCUT2D eigenvalue weighted by atomic mass is 32.2. The van der Waals surface area contributed by atoms with E-state index in [9.17, 15) is 17.6 Å². The van der Waals surface area contributed by atoms with Gasteiger partial charge in [-0.2, -0.15) is 0 Å². The molecule has 6 nitrogen and oxygen atoms in total. The first-order chi connectivity index (χ1) is 14.4. The summed E-state index contributed by atoms with van der Waals surface area (Å²) in [5, 5.41) is 2.66. The smallest absolute Gasteiger partial charge is 0.258 e. The molecule has 0 saturated heterocycles. The summed E-state index contributed by atoms with van der Waals surface area (Å²) in [5.41, 5.74) is 1.62. The molecule has 3 aromatic rings. The molecule has 0 aliphatic carbocycles. The maximum atomic E-state index is 12.9. The molecule has 0 heterocycles. The largest absolute Gasteiger partial charge is 0.484 e. The highest BCUT2D eigenvalue weighted by Gasteiger charge is 2.14. The van der Waals surface area contributed by atoms with Crippen LogP contribution in [0.2, 0.25) is 0 Å². The van der Waals surface area contributed by atoms with E-state index in [2.05, 4.69) is 10.0 Å². The van der Waals surface area contributed by atoms with Crippen molar-refractivity contribution in [3.63, 3.8) is 0 Å². The van der Waals surface area contributed by atoms with Gasteiger partial charge in [-0.1, -0.05) is 42.5 Å². The molecule has 8 heteroatoms. The lowest BCUT2D eigenvalue weighted by Crippen LogP contribution is -2.28. The Labute approximate surface area is 174 Å². The lowest BCUT2D eigenvalue weighted by Gasteiger charge is -2.10. The van der Waals surface area contributed by atoms with E-state index in [-0.39, 0.29) is 36.3 Å². The fourth-order valence-corrected chi connectivity index (χ4v) is 3.59. The number of hydrogen-bond donors (Lipinski definition) is 2. The van der Waals surface area contributed by atoms with Crippen molar-refractivity contribution in [2.45, 2.75) is 18.0 Å². The maximum Gasteiger partial charge on any atom is 0.258 e. The van der Waals surface area contributed by atoms with Crippen LogP contribution in [0.3, 0.4) is 0 Å². The first-order valence-electron chi connectivity index (χ1n) is 9.20. The van der Waals surface area contributed by atoms with Crippen LogP contribution in [-0.2, 0) is 27.9 Å². The van der Waals surface area contributed by atoms with Gasteiger partial charge in [0.05, 0.1) is 4.90 Å². The maximum absolute atomic E-state index is 12.9. The van der Waals surface area contributed by atoms with Crippen LogP contribution in [-0.4, -0.2) is 20.9 Å². The number of carbonyl (C=O) groups excluding carboxylic acids is 1. The predicted molar refractivity (Wildman–Crippen MR) is 111 cm³/mol. The van der Waals surface area contributed by atoms with Gasteiger partial charge in [-0.3, -0.25) is 4.79 Å². The number of benzene rings is 3. The number of hydrogen-bond acceptors (Lipinski definition) is 4. The number of carbonyl (C=O) groups is 1. The first kappa shape index (κ1) is 21.5. The zero-order valence-electron chi connectivity index (χ0n) is 16.0. The van der Waals surface area contributed by atoms with Gasteiger partial charge in [0.2, 0.25) is 10.0 Å². The number of rotatable bonds is 9. The van der Waals surface area contributed by atoms with Crippen molar-refractivity contribution >= 4 is 15.9 Å². The molecule has 0 aromatic heterocycles. The number of ether oxygens (including phenoxy) is 1. The van der Waals surface area contributed by atoms with Crippen molar-refractivity contribution in [2.24, 2.45) is 0 Å². The molecule has 0 atom stereocenters. The van der Waals surface area contributed by atoms with Crippen molar-refractivity contribution in [1.29, 1.82) is 0 Å². The molecule has 3 aromatic carbocycles. The quantitative estimate of drug-likeness (QED) is 0.549. The van der Waals surface area contributed by atoms with Crippen LogP contribution in [0, 0.1) is 5.82 Å². The highest BCUT2D eigenvalue weighted by Crippen LogP contribution is 2.16. The zero-order chi connectivity index (χ0) is 21.4. The van der Waals surface area contributed by atoms with Gasteiger partial charge < -0.3 is 10.1 Å². The van der Waals surface area contributed by atoms with E-state index in [4.69, 9.17) is 4.74 Å². The Morgan fingerprint density at radius 2 is 1.47 bits per heavy atom. The molecule has 0 fully saturated rings. The van der Waals surface area contributed by atoms with Gasteiger partial charge in [0, 0.05) is 13.1 Å². The fraction of sp³-hybridized carbons (Fsp3) is 0.136. The summed E-state index contributed by atoms with van der Waals surface area (Å²) in [4.78, 5) is 12.0. The Morgan fingerprint density at radius 3 is 2.13 bits per heavy atom. The topological polar surface area (TPSA) is 84.5 Å². The number of sulfonamides is 1. The van der Waals surface area contributed by atoms with E-state index in [0.29, 0.717) is 5.75 Å². The SMILES string of the molecule is O=C(COc1ccc(S(=O)(=O)NCc2ccccc2)cc1)NCc1ccc(F)cc1. The summed E-state index contributed by atoms with van der Waals surface area (Å²) in [6.45, 7) is 0.224. The minimum absolute atomic E-state index is 0.103.